The Morgan fingerprint density at radius 2 is 2.33 bits per heavy atom. The summed E-state index contributed by atoms with van der Waals surface area (Å²) in [5.41, 5.74) is 2.54. The van der Waals surface area contributed by atoms with Gasteiger partial charge in [-0.05, 0) is 18.9 Å². The minimum absolute atomic E-state index is 0.0613. The first-order chi connectivity index (χ1) is 5.61. The summed E-state index contributed by atoms with van der Waals surface area (Å²) in [4.78, 5) is 11.1. The second kappa shape index (κ2) is 3.39. The molecule has 0 bridgehead atoms. The second-order valence-corrected chi connectivity index (χ2v) is 3.00. The van der Waals surface area contributed by atoms with Crippen LogP contribution in [-0.4, -0.2) is 12.5 Å². The third-order valence-corrected chi connectivity index (χ3v) is 1.76. The van der Waals surface area contributed by atoms with Gasteiger partial charge in [-0.15, -0.1) is 0 Å². The number of hydrogen-bond acceptors (Lipinski definition) is 1. The van der Waals surface area contributed by atoms with Gasteiger partial charge in [-0.3, -0.25) is 4.79 Å². The van der Waals surface area contributed by atoms with Gasteiger partial charge in [0.2, 0.25) is 0 Å². The number of hydrogen-bond donors (Lipinski definition) is 1. The van der Waals surface area contributed by atoms with E-state index in [4.69, 9.17) is 0 Å². The van der Waals surface area contributed by atoms with E-state index < -0.39 is 0 Å². The van der Waals surface area contributed by atoms with Crippen molar-refractivity contribution >= 4 is 5.91 Å². The molecule has 0 aromatic heterocycles. The van der Waals surface area contributed by atoms with Crippen molar-refractivity contribution in [2.24, 2.45) is 0 Å². The summed E-state index contributed by atoms with van der Waals surface area (Å²) in [6.07, 6.45) is 2.78. The van der Waals surface area contributed by atoms with Crippen molar-refractivity contribution in [3.05, 3.63) is 36.0 Å². The number of allylic oxidation sites excluding steroid dienone is 2. The lowest BCUT2D eigenvalue weighted by Gasteiger charge is -2.17. The highest BCUT2D eigenvalue weighted by atomic mass is 16.1. The summed E-state index contributed by atoms with van der Waals surface area (Å²) in [6.45, 7) is 10.1. The van der Waals surface area contributed by atoms with Crippen molar-refractivity contribution in [3.8, 4) is 0 Å². The molecule has 0 radical (unpaired) electrons. The molecular formula is C10H13NO. The minimum Gasteiger partial charge on any atom is -0.352 e. The molecule has 2 nitrogen and oxygen atoms in total. The zero-order valence-corrected chi connectivity index (χ0v) is 7.31. The number of carbonyl (C=O) groups is 1. The van der Waals surface area contributed by atoms with Crippen LogP contribution in [0.5, 0.6) is 0 Å². The third kappa shape index (κ3) is 1.84. The van der Waals surface area contributed by atoms with E-state index in [0.29, 0.717) is 12.1 Å². The average Bonchev–Trinajstić information content (AvgIpc) is 1.98. The maximum atomic E-state index is 11.1. The van der Waals surface area contributed by atoms with Crippen LogP contribution in [0.25, 0.3) is 0 Å². The van der Waals surface area contributed by atoms with Crippen molar-refractivity contribution in [2.75, 3.05) is 6.54 Å². The number of rotatable bonds is 1. The second-order valence-electron chi connectivity index (χ2n) is 3.00. The van der Waals surface area contributed by atoms with Gasteiger partial charge in [0.25, 0.3) is 5.91 Å². The van der Waals surface area contributed by atoms with Crippen LogP contribution < -0.4 is 5.32 Å². The number of amides is 1. The Labute approximate surface area is 72.7 Å². The molecule has 12 heavy (non-hydrogen) atoms. The van der Waals surface area contributed by atoms with Crippen molar-refractivity contribution in [3.63, 3.8) is 0 Å². The van der Waals surface area contributed by atoms with Crippen molar-refractivity contribution in [2.45, 2.75) is 13.3 Å². The molecule has 0 aromatic carbocycles. The molecule has 1 aliphatic heterocycles. The lowest BCUT2D eigenvalue weighted by Crippen LogP contribution is -2.31. The van der Waals surface area contributed by atoms with Crippen molar-refractivity contribution < 1.29 is 4.79 Å². The average molecular weight is 163 g/mol. The first kappa shape index (κ1) is 8.78. The highest BCUT2D eigenvalue weighted by Gasteiger charge is 2.16. The van der Waals surface area contributed by atoms with Gasteiger partial charge < -0.3 is 5.32 Å². The number of piperidine rings is 1. The standard InChI is InChI=1S/C10H13NO/c1-7(2)6-9-4-5-11-10(12)8(9)3/h6H,1,3-5H2,2H3,(H,11,12)/b9-6-. The maximum Gasteiger partial charge on any atom is 0.250 e. The highest BCUT2D eigenvalue weighted by molar-refractivity contribution is 5.98. The molecule has 64 valence electrons. The summed E-state index contributed by atoms with van der Waals surface area (Å²) >= 11 is 0. The Hall–Kier alpha value is -1.31. The van der Waals surface area contributed by atoms with E-state index in [9.17, 15) is 4.79 Å². The molecule has 0 aromatic rings. The van der Waals surface area contributed by atoms with Crippen LogP contribution in [0, 0.1) is 0 Å². The quantitative estimate of drug-likeness (QED) is 0.584. The molecule has 0 spiro atoms. The maximum absolute atomic E-state index is 11.1. The zero-order valence-electron chi connectivity index (χ0n) is 7.31. The van der Waals surface area contributed by atoms with Crippen LogP contribution >= 0.6 is 0 Å². The SMILES string of the molecule is C=C(C)/C=C1/CCNC(=O)C1=C. The Kier molecular flexibility index (Phi) is 2.48. The first-order valence-corrected chi connectivity index (χ1v) is 3.95. The molecule has 1 aliphatic rings. The van der Waals surface area contributed by atoms with Crippen molar-refractivity contribution in [1.82, 2.24) is 5.32 Å². The summed E-state index contributed by atoms with van der Waals surface area (Å²) in [6, 6.07) is 0. The zero-order chi connectivity index (χ0) is 9.14. The van der Waals surface area contributed by atoms with Gasteiger partial charge in [-0.1, -0.05) is 24.8 Å². The van der Waals surface area contributed by atoms with Crippen LogP contribution in [0.3, 0.4) is 0 Å². The fourth-order valence-electron chi connectivity index (χ4n) is 1.17. The molecular weight excluding hydrogens is 150 g/mol. The number of nitrogens with one attached hydrogen (secondary N) is 1. The normalized spacial score (nSPS) is 20.9. The molecule has 2 heteroatoms. The Morgan fingerprint density at radius 1 is 1.67 bits per heavy atom. The van der Waals surface area contributed by atoms with Crippen LogP contribution in [0.2, 0.25) is 0 Å². The van der Waals surface area contributed by atoms with Crippen LogP contribution in [-0.2, 0) is 4.79 Å². The molecule has 1 heterocycles. The smallest absolute Gasteiger partial charge is 0.250 e. The van der Waals surface area contributed by atoms with Crippen LogP contribution in [0.15, 0.2) is 36.0 Å². The van der Waals surface area contributed by atoms with E-state index in [1.807, 2.05) is 13.0 Å². The lowest BCUT2D eigenvalue weighted by atomic mass is 9.98. The van der Waals surface area contributed by atoms with Gasteiger partial charge >= 0.3 is 0 Å². The third-order valence-electron chi connectivity index (χ3n) is 1.76. The molecule has 0 atom stereocenters. The van der Waals surface area contributed by atoms with Gasteiger partial charge in [0.15, 0.2) is 0 Å². The molecule has 1 fully saturated rings. The molecule has 1 N–H and O–H groups in total. The van der Waals surface area contributed by atoms with E-state index in [2.05, 4.69) is 18.5 Å². The monoisotopic (exact) mass is 163 g/mol. The van der Waals surface area contributed by atoms with Crippen molar-refractivity contribution in [1.29, 1.82) is 0 Å². The molecule has 1 rings (SSSR count). The molecule has 1 saturated heterocycles. The van der Waals surface area contributed by atoms with Gasteiger partial charge in [0, 0.05) is 12.1 Å². The van der Waals surface area contributed by atoms with Gasteiger partial charge in [-0.2, -0.15) is 0 Å². The summed E-state index contributed by atoms with van der Waals surface area (Å²) in [5.74, 6) is -0.0613. The van der Waals surface area contributed by atoms with Crippen LogP contribution in [0.1, 0.15) is 13.3 Å². The Bertz CT molecular complexity index is 274. The van der Waals surface area contributed by atoms with E-state index in [0.717, 1.165) is 17.6 Å². The van der Waals surface area contributed by atoms with Gasteiger partial charge in [0.1, 0.15) is 0 Å². The predicted octanol–water partition coefficient (Wildman–Crippen LogP) is 1.56. The molecule has 0 unspecified atom stereocenters. The minimum atomic E-state index is -0.0613. The Morgan fingerprint density at radius 3 is 2.92 bits per heavy atom. The summed E-state index contributed by atoms with van der Waals surface area (Å²) in [5, 5.41) is 2.73. The molecule has 0 saturated carbocycles. The van der Waals surface area contributed by atoms with Crippen LogP contribution in [0.4, 0.5) is 0 Å². The summed E-state index contributed by atoms with van der Waals surface area (Å²) in [7, 11) is 0. The molecule has 0 aliphatic carbocycles. The topological polar surface area (TPSA) is 29.1 Å². The van der Waals surface area contributed by atoms with E-state index >= 15 is 0 Å². The predicted molar refractivity (Wildman–Crippen MR) is 49.7 cm³/mol. The Balaban J connectivity index is 2.84. The fourth-order valence-corrected chi connectivity index (χ4v) is 1.17. The lowest BCUT2D eigenvalue weighted by molar-refractivity contribution is -0.117. The van der Waals surface area contributed by atoms with Gasteiger partial charge in [0.05, 0.1) is 0 Å². The number of carbonyl (C=O) groups excluding carboxylic acids is 1. The highest BCUT2D eigenvalue weighted by Crippen LogP contribution is 2.17. The first-order valence-electron chi connectivity index (χ1n) is 3.95. The van der Waals surface area contributed by atoms with E-state index in [-0.39, 0.29) is 5.91 Å². The largest absolute Gasteiger partial charge is 0.352 e. The summed E-state index contributed by atoms with van der Waals surface area (Å²) < 4.78 is 0. The molecule has 1 amide bonds. The van der Waals surface area contributed by atoms with E-state index in [1.165, 1.54) is 0 Å². The van der Waals surface area contributed by atoms with Gasteiger partial charge in [-0.25, -0.2) is 0 Å². The van der Waals surface area contributed by atoms with E-state index in [1.54, 1.807) is 0 Å². The fraction of sp³-hybridized carbons (Fsp3) is 0.300.